The number of nitrogens with zero attached hydrogens (tertiary/aromatic N) is 2. The summed E-state index contributed by atoms with van der Waals surface area (Å²) >= 11 is 2.09. The second-order valence-electron chi connectivity index (χ2n) is 4.62. The van der Waals surface area contributed by atoms with Crippen LogP contribution in [0.15, 0.2) is 18.7 Å². The number of hydrogen-bond acceptors (Lipinski definition) is 4. The normalized spacial score (nSPS) is 32.6. The highest BCUT2D eigenvalue weighted by Gasteiger charge is 2.37. The standard InChI is InChI=1S/C12H14N2OS/c15-12(9-5-13-7-14-6-9)8-3-10-1-2-11(4-8)16-10/h5-8,10-11H,1-4H2. The van der Waals surface area contributed by atoms with Crippen LogP contribution in [-0.2, 0) is 0 Å². The fourth-order valence-corrected chi connectivity index (χ4v) is 4.51. The number of fused-ring (bicyclic) bond motifs is 2. The molecule has 0 aromatic carbocycles. The number of thioether (sulfide) groups is 1. The summed E-state index contributed by atoms with van der Waals surface area (Å²) in [6.07, 6.45) is 9.44. The van der Waals surface area contributed by atoms with Crippen molar-refractivity contribution in [3.63, 3.8) is 0 Å². The maximum absolute atomic E-state index is 12.2. The monoisotopic (exact) mass is 234 g/mol. The highest BCUT2D eigenvalue weighted by molar-refractivity contribution is 8.00. The van der Waals surface area contributed by atoms with E-state index in [0.29, 0.717) is 5.56 Å². The molecule has 4 heteroatoms. The number of aromatic nitrogens is 2. The molecule has 0 aliphatic carbocycles. The first-order valence-corrected chi connectivity index (χ1v) is 6.72. The zero-order chi connectivity index (χ0) is 11.0. The van der Waals surface area contributed by atoms with Gasteiger partial charge in [-0.15, -0.1) is 0 Å². The summed E-state index contributed by atoms with van der Waals surface area (Å²) in [6, 6.07) is 0. The van der Waals surface area contributed by atoms with Gasteiger partial charge < -0.3 is 0 Å². The van der Waals surface area contributed by atoms with Gasteiger partial charge in [-0.2, -0.15) is 11.8 Å². The van der Waals surface area contributed by atoms with E-state index < -0.39 is 0 Å². The molecule has 2 aliphatic heterocycles. The first kappa shape index (κ1) is 10.3. The van der Waals surface area contributed by atoms with Crippen LogP contribution in [0.1, 0.15) is 36.0 Å². The van der Waals surface area contributed by atoms with Gasteiger partial charge in [0.15, 0.2) is 5.78 Å². The molecule has 84 valence electrons. The zero-order valence-electron chi connectivity index (χ0n) is 9.00. The molecule has 3 heterocycles. The van der Waals surface area contributed by atoms with Crippen LogP contribution < -0.4 is 0 Å². The van der Waals surface area contributed by atoms with E-state index in [1.807, 2.05) is 0 Å². The fraction of sp³-hybridized carbons (Fsp3) is 0.583. The predicted molar refractivity (Wildman–Crippen MR) is 63.5 cm³/mol. The second-order valence-corrected chi connectivity index (χ2v) is 6.22. The third-order valence-electron chi connectivity index (χ3n) is 3.51. The van der Waals surface area contributed by atoms with Gasteiger partial charge in [-0.1, -0.05) is 0 Å². The van der Waals surface area contributed by atoms with Crippen LogP contribution >= 0.6 is 11.8 Å². The van der Waals surface area contributed by atoms with Crippen molar-refractivity contribution in [2.24, 2.45) is 5.92 Å². The maximum atomic E-state index is 12.2. The Bertz CT molecular complexity index is 383. The summed E-state index contributed by atoms with van der Waals surface area (Å²) in [5.41, 5.74) is 0.679. The summed E-state index contributed by atoms with van der Waals surface area (Å²) in [4.78, 5) is 20.1. The quantitative estimate of drug-likeness (QED) is 0.737. The lowest BCUT2D eigenvalue weighted by Crippen LogP contribution is -2.24. The van der Waals surface area contributed by atoms with Gasteiger partial charge >= 0.3 is 0 Å². The molecule has 3 nitrogen and oxygen atoms in total. The number of hydrogen-bond donors (Lipinski definition) is 0. The average Bonchev–Trinajstić information content (AvgIpc) is 2.68. The van der Waals surface area contributed by atoms with E-state index in [4.69, 9.17) is 0 Å². The van der Waals surface area contributed by atoms with Crippen molar-refractivity contribution in [3.05, 3.63) is 24.3 Å². The molecule has 0 radical (unpaired) electrons. The van der Waals surface area contributed by atoms with Crippen molar-refractivity contribution < 1.29 is 4.79 Å². The summed E-state index contributed by atoms with van der Waals surface area (Å²) < 4.78 is 0. The Hall–Kier alpha value is -0.900. The molecule has 2 bridgehead atoms. The van der Waals surface area contributed by atoms with Crippen molar-refractivity contribution in [2.45, 2.75) is 36.2 Å². The Morgan fingerprint density at radius 1 is 1.19 bits per heavy atom. The minimum absolute atomic E-state index is 0.213. The molecule has 2 unspecified atom stereocenters. The van der Waals surface area contributed by atoms with E-state index in [2.05, 4.69) is 21.7 Å². The zero-order valence-corrected chi connectivity index (χ0v) is 9.82. The molecule has 2 fully saturated rings. The van der Waals surface area contributed by atoms with Gasteiger partial charge in [-0.05, 0) is 25.7 Å². The van der Waals surface area contributed by atoms with Gasteiger partial charge in [0, 0.05) is 28.8 Å². The SMILES string of the molecule is O=C(c1cncnc1)C1CC2CCC(C1)S2. The highest BCUT2D eigenvalue weighted by atomic mass is 32.2. The van der Waals surface area contributed by atoms with Gasteiger partial charge in [-0.25, -0.2) is 9.97 Å². The smallest absolute Gasteiger partial charge is 0.169 e. The maximum Gasteiger partial charge on any atom is 0.169 e. The molecular formula is C12H14N2OS. The van der Waals surface area contributed by atoms with E-state index in [1.54, 1.807) is 12.4 Å². The van der Waals surface area contributed by atoms with Crippen molar-refractivity contribution >= 4 is 17.5 Å². The van der Waals surface area contributed by atoms with Crippen LogP contribution in [-0.4, -0.2) is 26.3 Å². The molecule has 1 aromatic heterocycles. The van der Waals surface area contributed by atoms with Gasteiger partial charge in [0.1, 0.15) is 6.33 Å². The van der Waals surface area contributed by atoms with Gasteiger partial charge in [0.05, 0.1) is 5.56 Å². The molecule has 16 heavy (non-hydrogen) atoms. The van der Waals surface area contributed by atoms with E-state index >= 15 is 0 Å². The minimum Gasteiger partial charge on any atom is -0.294 e. The van der Waals surface area contributed by atoms with Crippen LogP contribution in [0.3, 0.4) is 0 Å². The average molecular weight is 234 g/mol. The Balaban J connectivity index is 1.76. The molecule has 2 saturated heterocycles. The van der Waals surface area contributed by atoms with Crippen molar-refractivity contribution in [1.29, 1.82) is 0 Å². The lowest BCUT2D eigenvalue weighted by Gasteiger charge is -2.26. The Morgan fingerprint density at radius 2 is 1.81 bits per heavy atom. The summed E-state index contributed by atoms with van der Waals surface area (Å²) in [6.45, 7) is 0. The van der Waals surface area contributed by atoms with Crippen molar-refractivity contribution in [1.82, 2.24) is 9.97 Å². The third-order valence-corrected chi connectivity index (χ3v) is 5.13. The van der Waals surface area contributed by atoms with E-state index in [-0.39, 0.29) is 11.7 Å². The van der Waals surface area contributed by atoms with Crippen molar-refractivity contribution in [3.8, 4) is 0 Å². The molecule has 1 aromatic rings. The minimum atomic E-state index is 0.213. The number of carbonyl (C=O) groups excluding carboxylic acids is 1. The number of ketones is 1. The Labute approximate surface area is 99.1 Å². The molecule has 2 atom stereocenters. The Kier molecular flexibility index (Phi) is 2.67. The van der Waals surface area contributed by atoms with Gasteiger partial charge in [-0.3, -0.25) is 4.79 Å². The predicted octanol–water partition coefficient (Wildman–Crippen LogP) is 2.33. The first-order valence-electron chi connectivity index (χ1n) is 5.77. The van der Waals surface area contributed by atoms with Gasteiger partial charge in [0.25, 0.3) is 0 Å². The van der Waals surface area contributed by atoms with Crippen LogP contribution in [0.4, 0.5) is 0 Å². The van der Waals surface area contributed by atoms with Gasteiger partial charge in [0.2, 0.25) is 0 Å². The second kappa shape index (κ2) is 4.17. The Morgan fingerprint density at radius 3 is 2.44 bits per heavy atom. The van der Waals surface area contributed by atoms with Crippen molar-refractivity contribution in [2.75, 3.05) is 0 Å². The first-order chi connectivity index (χ1) is 7.83. The van der Waals surface area contributed by atoms with Crippen LogP contribution in [0.25, 0.3) is 0 Å². The number of Topliss-reactive ketones (excluding diaryl/α,β-unsaturated/α-hetero) is 1. The molecular weight excluding hydrogens is 220 g/mol. The molecule has 0 amide bonds. The topological polar surface area (TPSA) is 42.9 Å². The van der Waals surface area contributed by atoms with Crippen LogP contribution in [0.2, 0.25) is 0 Å². The third kappa shape index (κ3) is 1.86. The summed E-state index contributed by atoms with van der Waals surface area (Å²) in [5, 5.41) is 1.44. The summed E-state index contributed by atoms with van der Waals surface area (Å²) in [7, 11) is 0. The molecule has 3 rings (SSSR count). The van der Waals surface area contributed by atoms with E-state index in [1.165, 1.54) is 19.2 Å². The largest absolute Gasteiger partial charge is 0.294 e. The fourth-order valence-electron chi connectivity index (χ4n) is 2.73. The number of carbonyl (C=O) groups is 1. The number of rotatable bonds is 2. The molecule has 0 saturated carbocycles. The molecule has 0 spiro atoms. The van der Waals surface area contributed by atoms with E-state index in [0.717, 1.165) is 23.3 Å². The van der Waals surface area contributed by atoms with Crippen LogP contribution in [0.5, 0.6) is 0 Å². The lowest BCUT2D eigenvalue weighted by molar-refractivity contribution is 0.0906. The van der Waals surface area contributed by atoms with Crippen LogP contribution in [0, 0.1) is 5.92 Å². The lowest BCUT2D eigenvalue weighted by atomic mass is 9.91. The molecule has 0 N–H and O–H groups in total. The highest BCUT2D eigenvalue weighted by Crippen LogP contribution is 2.46. The van der Waals surface area contributed by atoms with E-state index in [9.17, 15) is 4.79 Å². The summed E-state index contributed by atoms with van der Waals surface area (Å²) in [5.74, 6) is 0.461. The molecule has 2 aliphatic rings.